The second-order valence-corrected chi connectivity index (χ2v) is 4.39. The third kappa shape index (κ3) is 4.31. The van der Waals surface area contributed by atoms with Gasteiger partial charge in [-0.25, -0.2) is 0 Å². The summed E-state index contributed by atoms with van der Waals surface area (Å²) < 4.78 is 5.62. The molecule has 0 amide bonds. The summed E-state index contributed by atoms with van der Waals surface area (Å²) in [6.45, 7) is 10.2. The van der Waals surface area contributed by atoms with E-state index in [0.29, 0.717) is 6.61 Å². The van der Waals surface area contributed by atoms with Crippen LogP contribution in [0.1, 0.15) is 38.8 Å². The lowest BCUT2D eigenvalue weighted by atomic mass is 10.0. The lowest BCUT2D eigenvalue weighted by Gasteiger charge is -2.22. The SMILES string of the molecule is CCOc1ccccc1C(N)CCN(CC)CC. The molecule has 0 aliphatic rings. The molecule has 0 heterocycles. The predicted molar refractivity (Wildman–Crippen MR) is 76.9 cm³/mol. The van der Waals surface area contributed by atoms with Crippen LogP contribution < -0.4 is 10.5 Å². The number of nitrogens with two attached hydrogens (primary N) is 1. The van der Waals surface area contributed by atoms with Crippen LogP contribution >= 0.6 is 0 Å². The standard InChI is InChI=1S/C15H26N2O/c1-4-17(5-2)12-11-14(16)13-9-7-8-10-15(13)18-6-3/h7-10,14H,4-6,11-12,16H2,1-3H3. The summed E-state index contributed by atoms with van der Waals surface area (Å²) >= 11 is 0. The normalized spacial score (nSPS) is 12.7. The van der Waals surface area contributed by atoms with Crippen molar-refractivity contribution in [2.45, 2.75) is 33.2 Å². The highest BCUT2D eigenvalue weighted by Gasteiger charge is 2.12. The van der Waals surface area contributed by atoms with Crippen LogP contribution in [0.5, 0.6) is 5.75 Å². The molecule has 18 heavy (non-hydrogen) atoms. The van der Waals surface area contributed by atoms with Crippen molar-refractivity contribution in [2.24, 2.45) is 5.73 Å². The molecule has 102 valence electrons. The van der Waals surface area contributed by atoms with Gasteiger partial charge >= 0.3 is 0 Å². The Morgan fingerprint density at radius 2 is 1.83 bits per heavy atom. The zero-order valence-electron chi connectivity index (χ0n) is 11.9. The molecule has 1 aromatic carbocycles. The van der Waals surface area contributed by atoms with Crippen LogP contribution in [0.25, 0.3) is 0 Å². The molecule has 1 rings (SSSR count). The number of hydrogen-bond acceptors (Lipinski definition) is 3. The minimum Gasteiger partial charge on any atom is -0.494 e. The van der Waals surface area contributed by atoms with Crippen LogP contribution in [0, 0.1) is 0 Å². The Balaban J connectivity index is 2.62. The highest BCUT2D eigenvalue weighted by atomic mass is 16.5. The van der Waals surface area contributed by atoms with Crippen LogP contribution in [-0.2, 0) is 0 Å². The van der Waals surface area contributed by atoms with E-state index in [2.05, 4.69) is 24.8 Å². The molecule has 0 aliphatic carbocycles. The van der Waals surface area contributed by atoms with E-state index in [1.807, 2.05) is 25.1 Å². The van der Waals surface area contributed by atoms with Gasteiger partial charge in [-0.05, 0) is 39.0 Å². The zero-order valence-corrected chi connectivity index (χ0v) is 11.9. The van der Waals surface area contributed by atoms with Gasteiger partial charge in [-0.1, -0.05) is 32.0 Å². The molecule has 0 aromatic heterocycles. The summed E-state index contributed by atoms with van der Waals surface area (Å²) in [7, 11) is 0. The van der Waals surface area contributed by atoms with E-state index in [9.17, 15) is 0 Å². The number of rotatable bonds is 8. The minimum absolute atomic E-state index is 0.0494. The summed E-state index contributed by atoms with van der Waals surface area (Å²) in [4.78, 5) is 2.39. The smallest absolute Gasteiger partial charge is 0.124 e. The van der Waals surface area contributed by atoms with Crippen molar-refractivity contribution in [2.75, 3.05) is 26.2 Å². The summed E-state index contributed by atoms with van der Waals surface area (Å²) in [5.74, 6) is 0.923. The molecule has 1 unspecified atom stereocenters. The second kappa shape index (κ2) is 8.11. The number of ether oxygens (including phenoxy) is 1. The van der Waals surface area contributed by atoms with Gasteiger partial charge in [-0.15, -0.1) is 0 Å². The van der Waals surface area contributed by atoms with Crippen LogP contribution in [0.2, 0.25) is 0 Å². The van der Waals surface area contributed by atoms with Crippen LogP contribution in [0.15, 0.2) is 24.3 Å². The van der Waals surface area contributed by atoms with E-state index < -0.39 is 0 Å². The van der Waals surface area contributed by atoms with Crippen molar-refractivity contribution in [3.8, 4) is 5.75 Å². The van der Waals surface area contributed by atoms with Crippen molar-refractivity contribution in [1.82, 2.24) is 4.90 Å². The van der Waals surface area contributed by atoms with Crippen molar-refractivity contribution < 1.29 is 4.74 Å². The molecule has 0 fully saturated rings. The van der Waals surface area contributed by atoms with E-state index in [4.69, 9.17) is 10.5 Å². The van der Waals surface area contributed by atoms with Crippen LogP contribution in [0.3, 0.4) is 0 Å². The molecule has 0 spiro atoms. The van der Waals surface area contributed by atoms with Gasteiger partial charge in [0.2, 0.25) is 0 Å². The van der Waals surface area contributed by atoms with Gasteiger partial charge in [0.1, 0.15) is 5.75 Å². The molecule has 1 atom stereocenters. The zero-order chi connectivity index (χ0) is 13.4. The van der Waals surface area contributed by atoms with Gasteiger partial charge in [0.05, 0.1) is 6.61 Å². The third-order valence-electron chi connectivity index (χ3n) is 3.27. The molecule has 0 saturated carbocycles. The monoisotopic (exact) mass is 250 g/mol. The van der Waals surface area contributed by atoms with Gasteiger partial charge in [0, 0.05) is 11.6 Å². The van der Waals surface area contributed by atoms with Crippen LogP contribution in [0.4, 0.5) is 0 Å². The van der Waals surface area contributed by atoms with Crippen LogP contribution in [-0.4, -0.2) is 31.1 Å². The number of benzene rings is 1. The highest BCUT2D eigenvalue weighted by Crippen LogP contribution is 2.25. The Kier molecular flexibility index (Phi) is 6.76. The molecular formula is C15H26N2O. The lowest BCUT2D eigenvalue weighted by Crippen LogP contribution is -2.27. The molecule has 0 saturated heterocycles. The second-order valence-electron chi connectivity index (χ2n) is 4.39. The average molecular weight is 250 g/mol. The third-order valence-corrected chi connectivity index (χ3v) is 3.27. The maximum Gasteiger partial charge on any atom is 0.124 e. The molecule has 1 aromatic rings. The molecule has 0 radical (unpaired) electrons. The molecule has 0 aliphatic heterocycles. The molecule has 3 nitrogen and oxygen atoms in total. The Morgan fingerprint density at radius 1 is 1.17 bits per heavy atom. The van der Waals surface area contributed by atoms with Crippen molar-refractivity contribution in [3.63, 3.8) is 0 Å². The largest absolute Gasteiger partial charge is 0.494 e. The number of hydrogen-bond donors (Lipinski definition) is 1. The van der Waals surface area contributed by atoms with Crippen molar-refractivity contribution in [1.29, 1.82) is 0 Å². The van der Waals surface area contributed by atoms with E-state index in [1.165, 1.54) is 0 Å². The first-order chi connectivity index (χ1) is 8.72. The molecule has 2 N–H and O–H groups in total. The Hall–Kier alpha value is -1.06. The van der Waals surface area contributed by atoms with Gasteiger partial charge in [0.15, 0.2) is 0 Å². The summed E-state index contributed by atoms with van der Waals surface area (Å²) in [6.07, 6.45) is 0.964. The summed E-state index contributed by atoms with van der Waals surface area (Å²) in [5, 5.41) is 0. The maximum absolute atomic E-state index is 6.28. The first-order valence-electron chi connectivity index (χ1n) is 6.92. The van der Waals surface area contributed by atoms with E-state index >= 15 is 0 Å². The molecule has 3 heteroatoms. The minimum atomic E-state index is 0.0494. The molecule has 0 bridgehead atoms. The Labute approximate surface area is 111 Å². The average Bonchev–Trinajstić information content (AvgIpc) is 2.40. The van der Waals surface area contributed by atoms with E-state index in [-0.39, 0.29) is 6.04 Å². The number of para-hydroxylation sites is 1. The predicted octanol–water partition coefficient (Wildman–Crippen LogP) is 2.82. The fraction of sp³-hybridized carbons (Fsp3) is 0.600. The molecular weight excluding hydrogens is 224 g/mol. The Bertz CT molecular complexity index is 337. The first kappa shape index (κ1) is 15.0. The number of nitrogens with zero attached hydrogens (tertiary/aromatic N) is 1. The maximum atomic E-state index is 6.28. The fourth-order valence-corrected chi connectivity index (χ4v) is 2.09. The quantitative estimate of drug-likeness (QED) is 0.771. The summed E-state index contributed by atoms with van der Waals surface area (Å²) in [6, 6.07) is 8.13. The van der Waals surface area contributed by atoms with Crippen molar-refractivity contribution >= 4 is 0 Å². The van der Waals surface area contributed by atoms with Crippen molar-refractivity contribution in [3.05, 3.63) is 29.8 Å². The van der Waals surface area contributed by atoms with E-state index in [0.717, 1.165) is 37.4 Å². The van der Waals surface area contributed by atoms with Gasteiger partial charge in [-0.3, -0.25) is 0 Å². The highest BCUT2D eigenvalue weighted by molar-refractivity contribution is 5.35. The first-order valence-corrected chi connectivity index (χ1v) is 6.92. The topological polar surface area (TPSA) is 38.5 Å². The van der Waals surface area contributed by atoms with Gasteiger partial charge in [0.25, 0.3) is 0 Å². The van der Waals surface area contributed by atoms with Gasteiger partial charge < -0.3 is 15.4 Å². The summed E-state index contributed by atoms with van der Waals surface area (Å²) in [5.41, 5.74) is 7.39. The fourth-order valence-electron chi connectivity index (χ4n) is 2.09. The lowest BCUT2D eigenvalue weighted by molar-refractivity contribution is 0.287. The Morgan fingerprint density at radius 3 is 2.44 bits per heavy atom. The van der Waals surface area contributed by atoms with Gasteiger partial charge in [-0.2, -0.15) is 0 Å². The van der Waals surface area contributed by atoms with E-state index in [1.54, 1.807) is 0 Å².